The van der Waals surface area contributed by atoms with Crippen LogP contribution in [0.3, 0.4) is 0 Å². The standard InChI is InChI=1S/C22H32N6O4/c1-3-12-24-21(30)27-13-14-28(22(31)26-17-8-10-18(32-2)11-9-17)20(27)19(29)25-16-6-4-15(23)5-7-16/h3,8-11,15-16,20H,1,4-7,12-14,23H2,2H3,(H,24,30)(H,25,29)(H,26,31). The number of benzene rings is 1. The number of amides is 5. The average molecular weight is 445 g/mol. The fraction of sp³-hybridized carbons (Fsp3) is 0.500. The minimum Gasteiger partial charge on any atom is -0.497 e. The number of methoxy groups -OCH3 is 1. The quantitative estimate of drug-likeness (QED) is 0.494. The zero-order valence-electron chi connectivity index (χ0n) is 18.4. The van der Waals surface area contributed by atoms with Crippen molar-refractivity contribution < 1.29 is 19.1 Å². The highest BCUT2D eigenvalue weighted by molar-refractivity contribution is 5.96. The van der Waals surface area contributed by atoms with Gasteiger partial charge < -0.3 is 26.4 Å². The van der Waals surface area contributed by atoms with Crippen molar-refractivity contribution in [1.29, 1.82) is 0 Å². The summed E-state index contributed by atoms with van der Waals surface area (Å²) in [6.07, 6.45) is 3.73. The number of hydrogen-bond donors (Lipinski definition) is 4. The number of ether oxygens (including phenoxy) is 1. The van der Waals surface area contributed by atoms with E-state index >= 15 is 0 Å². The number of nitrogens with one attached hydrogen (secondary N) is 3. The third-order valence-electron chi connectivity index (χ3n) is 5.79. The van der Waals surface area contributed by atoms with Gasteiger partial charge >= 0.3 is 12.1 Å². The van der Waals surface area contributed by atoms with E-state index in [1.807, 2.05) is 0 Å². The molecule has 5 N–H and O–H groups in total. The summed E-state index contributed by atoms with van der Waals surface area (Å²) in [7, 11) is 1.56. The smallest absolute Gasteiger partial charge is 0.323 e. The highest BCUT2D eigenvalue weighted by atomic mass is 16.5. The molecule has 0 aromatic heterocycles. The topological polar surface area (TPSA) is 129 Å². The SMILES string of the molecule is C=CCNC(=O)N1CCN(C(=O)Nc2ccc(OC)cc2)C1C(=O)NC1CCC(N)CC1. The van der Waals surface area contributed by atoms with Crippen molar-refractivity contribution in [2.24, 2.45) is 5.73 Å². The lowest BCUT2D eigenvalue weighted by Crippen LogP contribution is -2.58. The molecule has 1 atom stereocenters. The number of carbonyl (C=O) groups excluding carboxylic acids is 3. The fourth-order valence-corrected chi connectivity index (χ4v) is 4.01. The van der Waals surface area contributed by atoms with Gasteiger partial charge in [-0.05, 0) is 49.9 Å². The molecule has 174 valence electrons. The molecule has 1 aliphatic carbocycles. The summed E-state index contributed by atoms with van der Waals surface area (Å²) in [5, 5.41) is 8.49. The number of anilines is 1. The van der Waals surface area contributed by atoms with Crippen LogP contribution in [-0.4, -0.2) is 72.8 Å². The molecule has 10 heteroatoms. The molecule has 0 radical (unpaired) electrons. The molecule has 1 saturated carbocycles. The number of urea groups is 2. The minimum atomic E-state index is -1.05. The van der Waals surface area contributed by atoms with Crippen LogP contribution in [0.1, 0.15) is 25.7 Å². The van der Waals surface area contributed by atoms with E-state index in [0.29, 0.717) is 11.4 Å². The maximum absolute atomic E-state index is 13.2. The molecule has 1 unspecified atom stereocenters. The second-order valence-electron chi connectivity index (χ2n) is 8.01. The largest absolute Gasteiger partial charge is 0.497 e. The van der Waals surface area contributed by atoms with Crippen LogP contribution in [-0.2, 0) is 4.79 Å². The average Bonchev–Trinajstić information content (AvgIpc) is 3.25. The Labute approximate surface area is 188 Å². The second-order valence-corrected chi connectivity index (χ2v) is 8.01. The van der Waals surface area contributed by atoms with Crippen molar-refractivity contribution in [3.8, 4) is 5.75 Å². The first-order chi connectivity index (χ1) is 15.4. The van der Waals surface area contributed by atoms with Crippen LogP contribution < -0.4 is 26.4 Å². The van der Waals surface area contributed by atoms with Gasteiger partial charge in [0.15, 0.2) is 6.17 Å². The zero-order chi connectivity index (χ0) is 23.1. The Morgan fingerprint density at radius 2 is 1.72 bits per heavy atom. The molecule has 1 aliphatic heterocycles. The van der Waals surface area contributed by atoms with Gasteiger partial charge in [-0.15, -0.1) is 6.58 Å². The summed E-state index contributed by atoms with van der Waals surface area (Å²) < 4.78 is 5.13. The van der Waals surface area contributed by atoms with E-state index in [0.717, 1.165) is 25.7 Å². The van der Waals surface area contributed by atoms with Crippen LogP contribution in [0.4, 0.5) is 15.3 Å². The molecule has 10 nitrogen and oxygen atoms in total. The van der Waals surface area contributed by atoms with Gasteiger partial charge in [0.1, 0.15) is 5.75 Å². The highest BCUT2D eigenvalue weighted by Crippen LogP contribution is 2.21. The molecule has 0 bridgehead atoms. The molecule has 1 saturated heterocycles. The van der Waals surface area contributed by atoms with Crippen molar-refractivity contribution in [3.63, 3.8) is 0 Å². The van der Waals surface area contributed by atoms with E-state index in [9.17, 15) is 14.4 Å². The van der Waals surface area contributed by atoms with Crippen LogP contribution in [0, 0.1) is 0 Å². The van der Waals surface area contributed by atoms with Gasteiger partial charge in [-0.2, -0.15) is 0 Å². The van der Waals surface area contributed by atoms with E-state index < -0.39 is 18.2 Å². The van der Waals surface area contributed by atoms with E-state index in [4.69, 9.17) is 10.5 Å². The third kappa shape index (κ3) is 5.70. The van der Waals surface area contributed by atoms with E-state index in [2.05, 4.69) is 22.5 Å². The molecule has 2 aliphatic rings. The molecule has 5 amide bonds. The normalized spacial score (nSPS) is 22.8. The fourth-order valence-electron chi connectivity index (χ4n) is 4.01. The molecule has 0 spiro atoms. The molecule has 32 heavy (non-hydrogen) atoms. The molecule has 3 rings (SSSR count). The lowest BCUT2D eigenvalue weighted by Gasteiger charge is -2.32. The summed E-state index contributed by atoms with van der Waals surface area (Å²) in [4.78, 5) is 41.6. The van der Waals surface area contributed by atoms with E-state index in [1.54, 1.807) is 37.5 Å². The monoisotopic (exact) mass is 444 g/mol. The summed E-state index contributed by atoms with van der Waals surface area (Å²) in [5.41, 5.74) is 6.52. The Balaban J connectivity index is 1.73. The lowest BCUT2D eigenvalue weighted by molar-refractivity contribution is -0.128. The van der Waals surface area contributed by atoms with Crippen LogP contribution in [0.15, 0.2) is 36.9 Å². The predicted octanol–water partition coefficient (Wildman–Crippen LogP) is 1.45. The number of carbonyl (C=O) groups is 3. The first-order valence-electron chi connectivity index (χ1n) is 10.9. The van der Waals surface area contributed by atoms with Crippen molar-refractivity contribution in [3.05, 3.63) is 36.9 Å². The lowest BCUT2D eigenvalue weighted by atomic mass is 9.92. The van der Waals surface area contributed by atoms with Crippen LogP contribution >= 0.6 is 0 Å². The Morgan fingerprint density at radius 1 is 1.09 bits per heavy atom. The maximum atomic E-state index is 13.2. The predicted molar refractivity (Wildman–Crippen MR) is 121 cm³/mol. The van der Waals surface area contributed by atoms with Gasteiger partial charge in [-0.3, -0.25) is 14.6 Å². The third-order valence-corrected chi connectivity index (χ3v) is 5.79. The van der Waals surface area contributed by atoms with Gasteiger partial charge in [-0.25, -0.2) is 9.59 Å². The zero-order valence-corrected chi connectivity index (χ0v) is 18.4. The number of nitrogens with two attached hydrogens (primary N) is 1. The van der Waals surface area contributed by atoms with Crippen molar-refractivity contribution >= 4 is 23.7 Å². The summed E-state index contributed by atoms with van der Waals surface area (Å²) in [6, 6.07) is 6.13. The van der Waals surface area contributed by atoms with Gasteiger partial charge in [0.2, 0.25) is 0 Å². The Hall–Kier alpha value is -3.27. The Bertz CT molecular complexity index is 822. The van der Waals surface area contributed by atoms with Gasteiger partial charge in [0.05, 0.1) is 7.11 Å². The van der Waals surface area contributed by atoms with Crippen molar-refractivity contribution in [1.82, 2.24) is 20.4 Å². The minimum absolute atomic E-state index is 0.0208. The first kappa shape index (κ1) is 23.4. The van der Waals surface area contributed by atoms with Gasteiger partial charge in [0, 0.05) is 37.4 Å². The van der Waals surface area contributed by atoms with Crippen molar-refractivity contribution in [2.45, 2.75) is 43.9 Å². The number of nitrogens with zero attached hydrogens (tertiary/aromatic N) is 2. The second kappa shape index (κ2) is 10.9. The molecule has 1 aromatic carbocycles. The maximum Gasteiger partial charge on any atom is 0.323 e. The van der Waals surface area contributed by atoms with E-state index in [-0.39, 0.29) is 37.6 Å². The van der Waals surface area contributed by atoms with Crippen molar-refractivity contribution in [2.75, 3.05) is 32.1 Å². The summed E-state index contributed by atoms with van der Waals surface area (Å²) >= 11 is 0. The molecule has 1 heterocycles. The number of hydrogen-bond acceptors (Lipinski definition) is 5. The molecule has 2 fully saturated rings. The summed E-state index contributed by atoms with van der Waals surface area (Å²) in [6.45, 7) is 4.34. The number of rotatable bonds is 6. The summed E-state index contributed by atoms with van der Waals surface area (Å²) in [5.74, 6) is 0.292. The van der Waals surface area contributed by atoms with Crippen LogP contribution in [0.25, 0.3) is 0 Å². The molecular formula is C22H32N6O4. The van der Waals surface area contributed by atoms with Gasteiger partial charge in [-0.1, -0.05) is 6.08 Å². The Kier molecular flexibility index (Phi) is 7.93. The van der Waals surface area contributed by atoms with Crippen LogP contribution in [0.2, 0.25) is 0 Å². The van der Waals surface area contributed by atoms with E-state index in [1.165, 1.54) is 9.80 Å². The van der Waals surface area contributed by atoms with Gasteiger partial charge in [0.25, 0.3) is 5.91 Å². The highest BCUT2D eigenvalue weighted by Gasteiger charge is 2.43. The first-order valence-corrected chi connectivity index (χ1v) is 10.9. The Morgan fingerprint density at radius 3 is 2.31 bits per heavy atom. The molecular weight excluding hydrogens is 412 g/mol. The van der Waals surface area contributed by atoms with Crippen LogP contribution in [0.5, 0.6) is 5.75 Å². The molecule has 1 aromatic rings.